The summed E-state index contributed by atoms with van der Waals surface area (Å²) in [5.41, 5.74) is 16.1. The summed E-state index contributed by atoms with van der Waals surface area (Å²) in [6.45, 7) is 9.66. The topological polar surface area (TPSA) is 6.48 Å². The van der Waals surface area contributed by atoms with Gasteiger partial charge >= 0.3 is 0 Å². The van der Waals surface area contributed by atoms with E-state index in [0.29, 0.717) is 5.92 Å². The normalized spacial score (nSPS) is 16.7. The molecular weight excluding hydrogens is 749 g/mol. The summed E-state index contributed by atoms with van der Waals surface area (Å²) in [6, 6.07) is 67.9. The molecule has 298 valence electrons. The minimum absolute atomic E-state index is 0.117. The number of nitrogens with zero attached hydrogens (tertiary/aromatic N) is 2. The maximum absolute atomic E-state index is 2.52. The smallest absolute Gasteiger partial charge is 0.0509 e. The zero-order chi connectivity index (χ0) is 41.7. The van der Waals surface area contributed by atoms with Gasteiger partial charge in [-0.2, -0.15) is 0 Å². The second-order valence-corrected chi connectivity index (χ2v) is 18.4. The molecule has 0 bridgehead atoms. The van der Waals surface area contributed by atoms with Gasteiger partial charge in [0.1, 0.15) is 0 Å². The molecule has 2 heteroatoms. The third-order valence-electron chi connectivity index (χ3n) is 14.3. The van der Waals surface area contributed by atoms with Gasteiger partial charge in [-0.05, 0) is 132 Å². The van der Waals surface area contributed by atoms with Gasteiger partial charge in [-0.1, -0.05) is 173 Å². The average molecular weight is 797 g/mol. The molecule has 1 atom stereocenters. The third kappa shape index (κ3) is 5.36. The van der Waals surface area contributed by atoms with Crippen molar-refractivity contribution < 1.29 is 0 Å². The number of hydrogen-bond donors (Lipinski definition) is 0. The molecule has 0 saturated heterocycles. The molecule has 1 aliphatic heterocycles. The van der Waals surface area contributed by atoms with E-state index in [-0.39, 0.29) is 10.8 Å². The lowest BCUT2D eigenvalue weighted by molar-refractivity contribution is 0.638. The van der Waals surface area contributed by atoms with Crippen LogP contribution in [0.1, 0.15) is 67.9 Å². The number of fused-ring (bicyclic) bond motifs is 12. The maximum atomic E-state index is 2.52. The Kier molecular flexibility index (Phi) is 8.09. The van der Waals surface area contributed by atoms with E-state index in [0.717, 1.165) is 17.8 Å². The molecule has 0 radical (unpaired) electrons. The predicted octanol–water partition coefficient (Wildman–Crippen LogP) is 16.3. The van der Waals surface area contributed by atoms with Gasteiger partial charge in [-0.15, -0.1) is 0 Å². The molecule has 1 heterocycles. The zero-order valence-electron chi connectivity index (χ0n) is 35.7. The fourth-order valence-electron chi connectivity index (χ4n) is 11.3. The Labute approximate surface area is 364 Å². The first-order valence-corrected chi connectivity index (χ1v) is 22.1. The van der Waals surface area contributed by atoms with Crippen LogP contribution in [0.5, 0.6) is 0 Å². The highest BCUT2D eigenvalue weighted by Crippen LogP contribution is 2.57. The Balaban J connectivity index is 1.09. The van der Waals surface area contributed by atoms with Crippen LogP contribution in [0.3, 0.4) is 0 Å². The SMILES string of the molecule is CC1(C)c2ccccc2-c2ccc(N(C3=CCC(c4ccccc4)C=C3)c3ccc4c(c3)C(C)(C)c3c(ccc5c6ccccc6c6ccccc6c35)N4c3ccccc3)cc21. The van der Waals surface area contributed by atoms with Gasteiger partial charge in [0.25, 0.3) is 0 Å². The molecule has 0 spiro atoms. The van der Waals surface area contributed by atoms with Crippen LogP contribution < -0.4 is 9.80 Å². The minimum atomic E-state index is -0.362. The number of allylic oxidation sites excluding steroid dienone is 3. The molecule has 0 saturated carbocycles. The van der Waals surface area contributed by atoms with Gasteiger partial charge in [0.05, 0.1) is 11.4 Å². The molecular formula is C60H48N2. The monoisotopic (exact) mass is 796 g/mol. The van der Waals surface area contributed by atoms with Crippen molar-refractivity contribution in [3.05, 3.63) is 234 Å². The Morgan fingerprint density at radius 1 is 0.484 bits per heavy atom. The molecule has 62 heavy (non-hydrogen) atoms. The van der Waals surface area contributed by atoms with E-state index in [1.54, 1.807) is 0 Å². The molecule has 12 rings (SSSR count). The zero-order valence-corrected chi connectivity index (χ0v) is 35.7. The first kappa shape index (κ1) is 36.7. The standard InChI is InChI=1S/C60H48N2/c1-59(2)52-26-16-15-24-48(52)49-33-31-43(37-53(49)59)61(42-29-27-40(28-30-42)39-17-7-5-8-18-39)44-32-35-55-54(38-44)60(3,4)58-56(62(55)41-19-9-6-10-20-41)36-34-51-47-23-12-11-21-45(47)46-22-13-14-25-50(46)57(51)58/h5-27,29-38,40H,28H2,1-4H3. The highest BCUT2D eigenvalue weighted by Gasteiger charge is 2.40. The summed E-state index contributed by atoms with van der Waals surface area (Å²) in [5, 5.41) is 7.82. The number of para-hydroxylation sites is 1. The fourth-order valence-corrected chi connectivity index (χ4v) is 11.3. The molecule has 9 aromatic rings. The van der Waals surface area contributed by atoms with Crippen LogP contribution in [-0.2, 0) is 10.8 Å². The van der Waals surface area contributed by atoms with Crippen LogP contribution in [0.2, 0.25) is 0 Å². The third-order valence-corrected chi connectivity index (χ3v) is 14.3. The maximum Gasteiger partial charge on any atom is 0.0509 e. The molecule has 1 unspecified atom stereocenters. The summed E-state index contributed by atoms with van der Waals surface area (Å²) in [6.07, 6.45) is 8.15. The molecule has 0 aromatic heterocycles. The first-order valence-electron chi connectivity index (χ1n) is 22.1. The van der Waals surface area contributed by atoms with Gasteiger partial charge in [-0.25, -0.2) is 0 Å². The lowest BCUT2D eigenvalue weighted by Gasteiger charge is -2.43. The highest BCUT2D eigenvalue weighted by molar-refractivity contribution is 6.27. The van der Waals surface area contributed by atoms with Crippen LogP contribution in [-0.4, -0.2) is 0 Å². The van der Waals surface area contributed by atoms with Crippen LogP contribution in [0.4, 0.5) is 28.4 Å². The summed E-state index contributed by atoms with van der Waals surface area (Å²) in [7, 11) is 0. The van der Waals surface area contributed by atoms with Gasteiger partial charge in [-0.3, -0.25) is 0 Å². The summed E-state index contributed by atoms with van der Waals surface area (Å²) < 4.78 is 0. The van der Waals surface area contributed by atoms with Crippen LogP contribution in [0, 0.1) is 0 Å². The fraction of sp³-hybridized carbons (Fsp3) is 0.133. The molecule has 0 fully saturated rings. The van der Waals surface area contributed by atoms with Gasteiger partial charge in [0.2, 0.25) is 0 Å². The molecule has 0 amide bonds. The van der Waals surface area contributed by atoms with E-state index in [9.17, 15) is 0 Å². The van der Waals surface area contributed by atoms with Gasteiger partial charge < -0.3 is 9.80 Å². The largest absolute Gasteiger partial charge is 0.311 e. The Bertz CT molecular complexity index is 3300. The molecule has 2 nitrogen and oxygen atoms in total. The van der Waals surface area contributed by atoms with Crippen LogP contribution >= 0.6 is 0 Å². The number of rotatable bonds is 5. The summed E-state index contributed by atoms with van der Waals surface area (Å²) >= 11 is 0. The van der Waals surface area contributed by atoms with E-state index in [1.165, 1.54) is 94.0 Å². The number of anilines is 5. The van der Waals surface area contributed by atoms with Crippen LogP contribution in [0.15, 0.2) is 206 Å². The Morgan fingerprint density at radius 3 is 1.76 bits per heavy atom. The molecule has 9 aromatic carbocycles. The van der Waals surface area contributed by atoms with E-state index in [4.69, 9.17) is 0 Å². The lowest BCUT2D eigenvalue weighted by atomic mass is 9.70. The van der Waals surface area contributed by atoms with Crippen molar-refractivity contribution in [1.82, 2.24) is 0 Å². The number of benzene rings is 9. The van der Waals surface area contributed by atoms with E-state index >= 15 is 0 Å². The molecule has 3 aliphatic rings. The predicted molar refractivity (Wildman–Crippen MR) is 263 cm³/mol. The van der Waals surface area contributed by atoms with E-state index in [1.807, 2.05) is 0 Å². The quantitative estimate of drug-likeness (QED) is 0.160. The summed E-state index contributed by atoms with van der Waals surface area (Å²) in [5.74, 6) is 0.341. The van der Waals surface area contributed by atoms with E-state index in [2.05, 4.69) is 238 Å². The first-order chi connectivity index (χ1) is 30.3. The van der Waals surface area contributed by atoms with Crippen molar-refractivity contribution in [2.45, 2.75) is 50.9 Å². The van der Waals surface area contributed by atoms with Crippen molar-refractivity contribution in [1.29, 1.82) is 0 Å². The highest BCUT2D eigenvalue weighted by atomic mass is 15.2. The van der Waals surface area contributed by atoms with Gasteiger partial charge in [0, 0.05) is 39.5 Å². The van der Waals surface area contributed by atoms with E-state index < -0.39 is 0 Å². The Hall–Kier alpha value is -7.16. The van der Waals surface area contributed by atoms with Crippen LogP contribution in [0.25, 0.3) is 43.4 Å². The number of hydrogen-bond acceptors (Lipinski definition) is 2. The van der Waals surface area contributed by atoms with Crippen molar-refractivity contribution in [2.24, 2.45) is 0 Å². The van der Waals surface area contributed by atoms with Crippen molar-refractivity contribution in [2.75, 3.05) is 9.80 Å². The van der Waals surface area contributed by atoms with Crippen molar-refractivity contribution >= 4 is 60.8 Å². The minimum Gasteiger partial charge on any atom is -0.311 e. The molecule has 0 N–H and O–H groups in total. The Morgan fingerprint density at radius 2 is 1.05 bits per heavy atom. The van der Waals surface area contributed by atoms with Crippen molar-refractivity contribution in [3.63, 3.8) is 0 Å². The van der Waals surface area contributed by atoms with Crippen molar-refractivity contribution in [3.8, 4) is 11.1 Å². The second-order valence-electron chi connectivity index (χ2n) is 18.4. The molecule has 2 aliphatic carbocycles. The summed E-state index contributed by atoms with van der Waals surface area (Å²) in [4.78, 5) is 5.02. The average Bonchev–Trinajstić information content (AvgIpc) is 3.55. The van der Waals surface area contributed by atoms with Gasteiger partial charge in [0.15, 0.2) is 0 Å². The lowest BCUT2D eigenvalue weighted by Crippen LogP contribution is -2.31. The second kappa shape index (κ2) is 13.7.